The van der Waals surface area contributed by atoms with Gasteiger partial charge in [0, 0.05) is 19.6 Å². The molecular weight excluding hydrogens is 300 g/mol. The number of carbonyl (C=O) groups is 1. The standard InChI is InChI=1S/C19H24N4O/c1-20-19(24)17-12-13-18(22-21-17)23-14-6-5-9-16(23)11-10-15-7-3-2-4-8-15/h2-4,7-8,12-13,16H,5-6,9-11,14H2,1H3,(H,20,24). The van der Waals surface area contributed by atoms with Gasteiger partial charge < -0.3 is 10.2 Å². The van der Waals surface area contributed by atoms with Gasteiger partial charge >= 0.3 is 0 Å². The van der Waals surface area contributed by atoms with Crippen LogP contribution in [-0.4, -0.2) is 35.7 Å². The van der Waals surface area contributed by atoms with Gasteiger partial charge in [0.1, 0.15) is 0 Å². The highest BCUT2D eigenvalue weighted by atomic mass is 16.1. The molecule has 1 aliphatic heterocycles. The Labute approximate surface area is 143 Å². The molecule has 1 aliphatic rings. The molecule has 1 saturated heterocycles. The van der Waals surface area contributed by atoms with Gasteiger partial charge in [-0.05, 0) is 49.8 Å². The summed E-state index contributed by atoms with van der Waals surface area (Å²) < 4.78 is 0. The quantitative estimate of drug-likeness (QED) is 0.919. The maximum atomic E-state index is 11.6. The van der Waals surface area contributed by atoms with Gasteiger partial charge in [0.15, 0.2) is 11.5 Å². The first kappa shape index (κ1) is 16.4. The maximum Gasteiger partial charge on any atom is 0.271 e. The minimum Gasteiger partial charge on any atom is -0.354 e. The molecule has 1 fully saturated rings. The van der Waals surface area contributed by atoms with Gasteiger partial charge in [-0.1, -0.05) is 30.3 Å². The van der Waals surface area contributed by atoms with Crippen LogP contribution in [0.3, 0.4) is 0 Å². The normalized spacial score (nSPS) is 17.5. The van der Waals surface area contributed by atoms with Gasteiger partial charge in [0.2, 0.25) is 0 Å². The molecule has 0 bridgehead atoms. The summed E-state index contributed by atoms with van der Waals surface area (Å²) in [6, 6.07) is 14.8. The van der Waals surface area contributed by atoms with Crippen molar-refractivity contribution in [2.75, 3.05) is 18.5 Å². The fourth-order valence-corrected chi connectivity index (χ4v) is 3.31. The van der Waals surface area contributed by atoms with E-state index < -0.39 is 0 Å². The zero-order valence-electron chi connectivity index (χ0n) is 14.1. The summed E-state index contributed by atoms with van der Waals surface area (Å²) in [6.07, 6.45) is 5.82. The lowest BCUT2D eigenvalue weighted by Gasteiger charge is -2.36. The summed E-state index contributed by atoms with van der Waals surface area (Å²) in [4.78, 5) is 14.0. The van der Waals surface area contributed by atoms with Gasteiger partial charge in [-0.2, -0.15) is 0 Å². The molecule has 1 amide bonds. The van der Waals surface area contributed by atoms with E-state index in [-0.39, 0.29) is 5.91 Å². The molecule has 3 rings (SSSR count). The van der Waals surface area contributed by atoms with Gasteiger partial charge in [-0.25, -0.2) is 0 Å². The molecule has 126 valence electrons. The van der Waals surface area contributed by atoms with Crippen molar-refractivity contribution in [2.45, 2.75) is 38.1 Å². The molecule has 0 radical (unpaired) electrons. The fraction of sp³-hybridized carbons (Fsp3) is 0.421. The fourth-order valence-electron chi connectivity index (χ4n) is 3.31. The monoisotopic (exact) mass is 324 g/mol. The number of nitrogens with zero attached hydrogens (tertiary/aromatic N) is 3. The lowest BCUT2D eigenvalue weighted by Crippen LogP contribution is -2.40. The summed E-state index contributed by atoms with van der Waals surface area (Å²) in [6.45, 7) is 1.01. The molecular formula is C19H24N4O. The maximum absolute atomic E-state index is 11.6. The third-order valence-electron chi connectivity index (χ3n) is 4.64. The molecule has 0 saturated carbocycles. The average molecular weight is 324 g/mol. The highest BCUT2D eigenvalue weighted by Gasteiger charge is 2.24. The average Bonchev–Trinajstić information content (AvgIpc) is 2.67. The molecule has 5 heteroatoms. The first-order chi connectivity index (χ1) is 11.8. The van der Waals surface area contributed by atoms with E-state index in [0.29, 0.717) is 11.7 Å². The minimum absolute atomic E-state index is 0.201. The Balaban J connectivity index is 1.68. The van der Waals surface area contributed by atoms with Crippen molar-refractivity contribution in [3.63, 3.8) is 0 Å². The van der Waals surface area contributed by atoms with Crippen LogP contribution in [0.5, 0.6) is 0 Å². The molecule has 0 spiro atoms. The van der Waals surface area contributed by atoms with E-state index in [1.54, 1.807) is 13.1 Å². The third kappa shape index (κ3) is 3.91. The first-order valence-corrected chi connectivity index (χ1v) is 8.64. The van der Waals surface area contributed by atoms with Crippen LogP contribution in [0.2, 0.25) is 0 Å². The molecule has 1 atom stereocenters. The van der Waals surface area contributed by atoms with Crippen LogP contribution in [0, 0.1) is 0 Å². The summed E-state index contributed by atoms with van der Waals surface area (Å²) in [5.41, 5.74) is 1.74. The van der Waals surface area contributed by atoms with E-state index >= 15 is 0 Å². The number of hydrogen-bond donors (Lipinski definition) is 1. The third-order valence-corrected chi connectivity index (χ3v) is 4.64. The second-order valence-corrected chi connectivity index (χ2v) is 6.22. The Morgan fingerprint density at radius 1 is 1.17 bits per heavy atom. The number of hydrogen-bond acceptors (Lipinski definition) is 4. The second-order valence-electron chi connectivity index (χ2n) is 6.22. The Kier molecular flexibility index (Phi) is 5.41. The SMILES string of the molecule is CNC(=O)c1ccc(N2CCCCC2CCc2ccccc2)nn1. The molecule has 5 nitrogen and oxygen atoms in total. The van der Waals surface area contributed by atoms with Gasteiger partial charge in [0.25, 0.3) is 5.91 Å². The van der Waals surface area contributed by atoms with Crippen molar-refractivity contribution in [1.82, 2.24) is 15.5 Å². The van der Waals surface area contributed by atoms with E-state index in [0.717, 1.165) is 25.2 Å². The highest BCUT2D eigenvalue weighted by Crippen LogP contribution is 2.25. The van der Waals surface area contributed by atoms with E-state index in [2.05, 4.69) is 50.7 Å². The van der Waals surface area contributed by atoms with E-state index in [4.69, 9.17) is 0 Å². The zero-order chi connectivity index (χ0) is 16.8. The molecule has 24 heavy (non-hydrogen) atoms. The van der Waals surface area contributed by atoms with E-state index in [1.807, 2.05) is 6.07 Å². The summed E-state index contributed by atoms with van der Waals surface area (Å²) in [5.74, 6) is 0.675. The molecule has 1 aromatic heterocycles. The highest BCUT2D eigenvalue weighted by molar-refractivity contribution is 5.91. The van der Waals surface area contributed by atoms with Crippen LogP contribution in [0.25, 0.3) is 0 Å². The lowest BCUT2D eigenvalue weighted by molar-refractivity contribution is 0.0957. The molecule has 2 aromatic rings. The van der Waals surface area contributed by atoms with Crippen molar-refractivity contribution in [2.24, 2.45) is 0 Å². The zero-order valence-corrected chi connectivity index (χ0v) is 14.1. The molecule has 1 aromatic carbocycles. The summed E-state index contributed by atoms with van der Waals surface area (Å²) in [5, 5.41) is 10.9. The van der Waals surface area contributed by atoms with Crippen LogP contribution in [0.4, 0.5) is 5.82 Å². The lowest BCUT2D eigenvalue weighted by atomic mass is 9.96. The van der Waals surface area contributed by atoms with Crippen molar-refractivity contribution in [3.05, 3.63) is 53.7 Å². The Morgan fingerprint density at radius 3 is 2.71 bits per heavy atom. The van der Waals surface area contributed by atoms with Crippen LogP contribution in [-0.2, 0) is 6.42 Å². The largest absolute Gasteiger partial charge is 0.354 e. The van der Waals surface area contributed by atoms with Crippen LogP contribution in [0.1, 0.15) is 41.7 Å². The topological polar surface area (TPSA) is 58.1 Å². The number of amides is 1. The van der Waals surface area contributed by atoms with Gasteiger partial charge in [0.05, 0.1) is 0 Å². The van der Waals surface area contributed by atoms with Crippen molar-refractivity contribution >= 4 is 11.7 Å². The number of rotatable bonds is 5. The number of piperidine rings is 1. The number of benzene rings is 1. The summed E-state index contributed by atoms with van der Waals surface area (Å²) in [7, 11) is 1.60. The number of anilines is 1. The van der Waals surface area contributed by atoms with Crippen LogP contribution < -0.4 is 10.2 Å². The Hall–Kier alpha value is -2.43. The van der Waals surface area contributed by atoms with Crippen molar-refractivity contribution in [3.8, 4) is 0 Å². The molecule has 0 aliphatic carbocycles. The number of carbonyl (C=O) groups excluding carboxylic acids is 1. The van der Waals surface area contributed by atoms with Gasteiger partial charge in [-0.15, -0.1) is 10.2 Å². The number of aromatic nitrogens is 2. The molecule has 1 unspecified atom stereocenters. The smallest absolute Gasteiger partial charge is 0.271 e. The van der Waals surface area contributed by atoms with Crippen LogP contribution >= 0.6 is 0 Å². The summed E-state index contributed by atoms with van der Waals surface area (Å²) >= 11 is 0. The molecule has 2 heterocycles. The van der Waals surface area contributed by atoms with Gasteiger partial charge in [-0.3, -0.25) is 4.79 Å². The Bertz CT molecular complexity index is 657. The predicted octanol–water partition coefficient (Wildman–Crippen LogP) is 2.83. The predicted molar refractivity (Wildman–Crippen MR) is 95.2 cm³/mol. The molecule has 1 N–H and O–H groups in total. The number of nitrogens with one attached hydrogen (secondary N) is 1. The van der Waals surface area contributed by atoms with E-state index in [9.17, 15) is 4.79 Å². The second kappa shape index (κ2) is 7.90. The Morgan fingerprint density at radius 2 is 2.00 bits per heavy atom. The van der Waals surface area contributed by atoms with Crippen molar-refractivity contribution in [1.29, 1.82) is 0 Å². The number of aryl methyl sites for hydroxylation is 1. The van der Waals surface area contributed by atoms with Crippen molar-refractivity contribution < 1.29 is 4.79 Å². The first-order valence-electron chi connectivity index (χ1n) is 8.64. The minimum atomic E-state index is -0.201. The van der Waals surface area contributed by atoms with E-state index in [1.165, 1.54) is 24.8 Å². The van der Waals surface area contributed by atoms with Crippen LogP contribution in [0.15, 0.2) is 42.5 Å².